The first-order valence-corrected chi connectivity index (χ1v) is 9.14. The van der Waals surface area contributed by atoms with Gasteiger partial charge in [-0.1, -0.05) is 12.1 Å². The molecule has 5 nitrogen and oxygen atoms in total. The summed E-state index contributed by atoms with van der Waals surface area (Å²) in [5.41, 5.74) is 1.73. The van der Waals surface area contributed by atoms with E-state index in [1.807, 2.05) is 6.07 Å². The monoisotopic (exact) mass is 396 g/mol. The number of pyridine rings is 1. The number of carbonyl (C=O) groups excluding carboxylic acids is 1. The molecule has 0 saturated heterocycles. The molecular formula is C22H18F2N2O3. The Hall–Kier alpha value is -3.48. The molecule has 1 N–H and O–H groups in total. The molecule has 0 fully saturated rings. The zero-order valence-corrected chi connectivity index (χ0v) is 15.6. The Kier molecular flexibility index (Phi) is 5.12. The summed E-state index contributed by atoms with van der Waals surface area (Å²) < 4.78 is 39.2. The number of benzene rings is 2. The van der Waals surface area contributed by atoms with Gasteiger partial charge in [0.1, 0.15) is 17.6 Å². The van der Waals surface area contributed by atoms with Gasteiger partial charge in [0.2, 0.25) is 11.8 Å². The highest BCUT2D eigenvalue weighted by molar-refractivity contribution is 5.88. The third kappa shape index (κ3) is 4.18. The summed E-state index contributed by atoms with van der Waals surface area (Å²) in [5.74, 6) is -0.330. The highest BCUT2D eigenvalue weighted by Gasteiger charge is 2.25. The van der Waals surface area contributed by atoms with Crippen LogP contribution >= 0.6 is 0 Å². The molecule has 1 aliphatic heterocycles. The van der Waals surface area contributed by atoms with E-state index in [0.29, 0.717) is 35.9 Å². The molecule has 1 amide bonds. The van der Waals surface area contributed by atoms with Crippen molar-refractivity contribution in [2.75, 3.05) is 5.32 Å². The van der Waals surface area contributed by atoms with Gasteiger partial charge in [0.05, 0.1) is 11.9 Å². The Morgan fingerprint density at radius 3 is 2.83 bits per heavy atom. The minimum Gasteiger partial charge on any atom is -0.485 e. The number of anilines is 1. The van der Waals surface area contributed by atoms with Crippen molar-refractivity contribution >= 4 is 11.6 Å². The Bertz CT molecular complexity index is 1050. The van der Waals surface area contributed by atoms with Gasteiger partial charge < -0.3 is 14.8 Å². The first-order valence-electron chi connectivity index (χ1n) is 9.14. The maximum absolute atomic E-state index is 14.1. The quantitative estimate of drug-likeness (QED) is 0.660. The summed E-state index contributed by atoms with van der Waals surface area (Å²) in [6, 6.07) is 12.8. The summed E-state index contributed by atoms with van der Waals surface area (Å²) >= 11 is 0. The number of carbonyl (C=O) groups is 1. The van der Waals surface area contributed by atoms with Gasteiger partial charge in [-0.2, -0.15) is 0 Å². The lowest BCUT2D eigenvalue weighted by molar-refractivity contribution is -0.114. The molecule has 0 radical (unpaired) electrons. The Morgan fingerprint density at radius 2 is 2.07 bits per heavy atom. The molecule has 0 bridgehead atoms. The molecule has 4 rings (SSSR count). The summed E-state index contributed by atoms with van der Waals surface area (Å²) in [6.45, 7) is 1.42. The van der Waals surface area contributed by atoms with Crippen LogP contribution in [0.3, 0.4) is 0 Å². The van der Waals surface area contributed by atoms with Gasteiger partial charge in [0.25, 0.3) is 0 Å². The standard InChI is InChI=1S/C22H18F2N2O3/c1-13(27)26-15-6-10-21(25-12-15)28-16-7-9-19-14(11-16)5-8-20(29-19)17-3-2-4-18(23)22(17)24/h2-4,6-7,9-12,20H,5,8H2,1H3,(H,26,27). The summed E-state index contributed by atoms with van der Waals surface area (Å²) in [6.07, 6.45) is 2.15. The first-order chi connectivity index (χ1) is 14.0. The number of aryl methyl sites for hydroxylation is 1. The number of amides is 1. The van der Waals surface area contributed by atoms with E-state index >= 15 is 0 Å². The lowest BCUT2D eigenvalue weighted by Crippen LogP contribution is -2.17. The number of nitrogens with one attached hydrogen (secondary N) is 1. The molecule has 2 aromatic carbocycles. The van der Waals surface area contributed by atoms with Gasteiger partial charge in [0, 0.05) is 18.6 Å². The van der Waals surface area contributed by atoms with Gasteiger partial charge in [-0.25, -0.2) is 13.8 Å². The molecule has 0 saturated carbocycles. The number of aromatic nitrogens is 1. The second-order valence-corrected chi connectivity index (χ2v) is 6.73. The largest absolute Gasteiger partial charge is 0.485 e. The molecule has 0 spiro atoms. The van der Waals surface area contributed by atoms with E-state index in [1.54, 1.807) is 30.3 Å². The molecule has 2 heterocycles. The fourth-order valence-corrected chi connectivity index (χ4v) is 3.26. The van der Waals surface area contributed by atoms with Crippen LogP contribution in [-0.2, 0) is 11.2 Å². The molecule has 1 unspecified atom stereocenters. The third-order valence-corrected chi connectivity index (χ3v) is 4.58. The van der Waals surface area contributed by atoms with Gasteiger partial charge >= 0.3 is 0 Å². The van der Waals surface area contributed by atoms with E-state index in [2.05, 4.69) is 10.3 Å². The highest BCUT2D eigenvalue weighted by atomic mass is 19.2. The topological polar surface area (TPSA) is 60.5 Å². The third-order valence-electron chi connectivity index (χ3n) is 4.58. The fraction of sp³-hybridized carbons (Fsp3) is 0.182. The number of halogens is 2. The van der Waals surface area contributed by atoms with Crippen LogP contribution in [0.25, 0.3) is 0 Å². The molecule has 1 aromatic heterocycles. The van der Waals surface area contributed by atoms with Crippen molar-refractivity contribution in [3.05, 3.63) is 77.5 Å². The number of hydrogen-bond acceptors (Lipinski definition) is 4. The van der Waals surface area contributed by atoms with Crippen LogP contribution in [0.4, 0.5) is 14.5 Å². The predicted octanol–water partition coefficient (Wildman–Crippen LogP) is 5.18. The number of ether oxygens (including phenoxy) is 2. The van der Waals surface area contributed by atoms with Crippen LogP contribution in [0, 0.1) is 11.6 Å². The lowest BCUT2D eigenvalue weighted by atomic mass is 9.97. The van der Waals surface area contributed by atoms with Crippen molar-refractivity contribution in [3.63, 3.8) is 0 Å². The predicted molar refractivity (Wildman–Crippen MR) is 103 cm³/mol. The summed E-state index contributed by atoms with van der Waals surface area (Å²) in [7, 11) is 0. The Labute approximate surface area is 166 Å². The molecule has 0 aliphatic carbocycles. The van der Waals surface area contributed by atoms with Crippen molar-refractivity contribution in [1.29, 1.82) is 0 Å². The molecule has 3 aromatic rings. The zero-order valence-electron chi connectivity index (χ0n) is 15.6. The van der Waals surface area contributed by atoms with E-state index in [-0.39, 0.29) is 11.5 Å². The van der Waals surface area contributed by atoms with Gasteiger partial charge in [-0.05, 0) is 48.7 Å². The molecule has 7 heteroatoms. The fourth-order valence-electron chi connectivity index (χ4n) is 3.26. The van der Waals surface area contributed by atoms with E-state index in [1.165, 1.54) is 19.2 Å². The average Bonchev–Trinajstić information content (AvgIpc) is 2.71. The van der Waals surface area contributed by atoms with Crippen molar-refractivity contribution in [1.82, 2.24) is 4.98 Å². The van der Waals surface area contributed by atoms with Crippen molar-refractivity contribution in [2.24, 2.45) is 0 Å². The maximum Gasteiger partial charge on any atom is 0.221 e. The molecular weight excluding hydrogens is 378 g/mol. The van der Waals surface area contributed by atoms with Gasteiger partial charge in [-0.3, -0.25) is 4.79 Å². The minimum absolute atomic E-state index is 0.174. The van der Waals surface area contributed by atoms with Crippen molar-refractivity contribution in [2.45, 2.75) is 25.9 Å². The number of hydrogen-bond donors (Lipinski definition) is 1. The number of rotatable bonds is 4. The van der Waals surface area contributed by atoms with Crippen molar-refractivity contribution in [3.8, 4) is 17.4 Å². The summed E-state index contributed by atoms with van der Waals surface area (Å²) in [5, 5.41) is 2.64. The van der Waals surface area contributed by atoms with Crippen LogP contribution < -0.4 is 14.8 Å². The van der Waals surface area contributed by atoms with Crippen molar-refractivity contribution < 1.29 is 23.0 Å². The lowest BCUT2D eigenvalue weighted by Gasteiger charge is -2.27. The smallest absolute Gasteiger partial charge is 0.221 e. The van der Waals surface area contributed by atoms with Crippen LogP contribution in [-0.4, -0.2) is 10.9 Å². The second-order valence-electron chi connectivity index (χ2n) is 6.73. The van der Waals surface area contributed by atoms with Crippen LogP contribution in [0.5, 0.6) is 17.4 Å². The normalized spacial score (nSPS) is 15.2. The summed E-state index contributed by atoms with van der Waals surface area (Å²) in [4.78, 5) is 15.2. The molecule has 1 atom stereocenters. The number of nitrogens with zero attached hydrogens (tertiary/aromatic N) is 1. The van der Waals surface area contributed by atoms with Crippen LogP contribution in [0.2, 0.25) is 0 Å². The van der Waals surface area contributed by atoms with Gasteiger partial charge in [0.15, 0.2) is 11.6 Å². The van der Waals surface area contributed by atoms with E-state index in [4.69, 9.17) is 9.47 Å². The molecule has 29 heavy (non-hydrogen) atoms. The SMILES string of the molecule is CC(=O)Nc1ccc(Oc2ccc3c(c2)CCC(c2cccc(F)c2F)O3)nc1. The van der Waals surface area contributed by atoms with Gasteiger partial charge in [-0.15, -0.1) is 0 Å². The van der Waals surface area contributed by atoms with Crippen LogP contribution in [0.15, 0.2) is 54.7 Å². The van der Waals surface area contributed by atoms with Crippen LogP contribution in [0.1, 0.15) is 30.6 Å². The minimum atomic E-state index is -0.877. The zero-order chi connectivity index (χ0) is 20.4. The van der Waals surface area contributed by atoms with E-state index in [0.717, 1.165) is 11.6 Å². The van der Waals surface area contributed by atoms with E-state index in [9.17, 15) is 13.6 Å². The van der Waals surface area contributed by atoms with E-state index < -0.39 is 17.7 Å². The first kappa shape index (κ1) is 18.9. The Morgan fingerprint density at radius 1 is 1.21 bits per heavy atom. The number of fused-ring (bicyclic) bond motifs is 1. The second kappa shape index (κ2) is 7.87. The molecule has 1 aliphatic rings. The Balaban J connectivity index is 1.47. The molecule has 148 valence electrons. The maximum atomic E-state index is 14.1. The highest BCUT2D eigenvalue weighted by Crippen LogP contribution is 2.38. The average molecular weight is 396 g/mol.